The molecule has 0 atom stereocenters. The summed E-state index contributed by atoms with van der Waals surface area (Å²) >= 11 is 1.65. The molecule has 0 radical (unpaired) electrons. The molecular formula is C16H18N4OS. The molecule has 22 heavy (non-hydrogen) atoms. The normalized spacial score (nSPS) is 12.1. The number of pyridine rings is 1. The van der Waals surface area contributed by atoms with E-state index in [1.54, 1.807) is 24.6 Å². The number of aromatic nitrogens is 1. The van der Waals surface area contributed by atoms with E-state index in [4.69, 9.17) is 0 Å². The van der Waals surface area contributed by atoms with Crippen molar-refractivity contribution in [3.63, 3.8) is 0 Å². The summed E-state index contributed by atoms with van der Waals surface area (Å²) in [4.78, 5) is 21.3. The zero-order valence-electron chi connectivity index (χ0n) is 12.5. The third-order valence-corrected chi connectivity index (χ3v) is 3.91. The van der Waals surface area contributed by atoms with Gasteiger partial charge in [-0.1, -0.05) is 12.1 Å². The van der Waals surface area contributed by atoms with Gasteiger partial charge in [0.05, 0.1) is 12.2 Å². The quantitative estimate of drug-likeness (QED) is 0.673. The average Bonchev–Trinajstić information content (AvgIpc) is 3.08. The molecule has 2 N–H and O–H groups in total. The molecule has 2 aromatic rings. The fraction of sp³-hybridized carbons (Fsp3) is 0.188. The van der Waals surface area contributed by atoms with Crippen LogP contribution in [0.2, 0.25) is 0 Å². The molecule has 2 amide bonds. The minimum atomic E-state index is -0.304. The van der Waals surface area contributed by atoms with Gasteiger partial charge in [-0.15, -0.1) is 11.3 Å². The summed E-state index contributed by atoms with van der Waals surface area (Å²) in [6.45, 7) is 2.36. The van der Waals surface area contributed by atoms with Gasteiger partial charge in [0.2, 0.25) is 0 Å². The van der Waals surface area contributed by atoms with Gasteiger partial charge in [0.15, 0.2) is 0 Å². The Bertz CT molecular complexity index is 663. The largest absolute Gasteiger partial charge is 0.332 e. The Hall–Kier alpha value is -2.47. The van der Waals surface area contributed by atoms with Crippen LogP contribution in [0.25, 0.3) is 5.57 Å². The van der Waals surface area contributed by atoms with Crippen LogP contribution >= 0.6 is 11.3 Å². The highest BCUT2D eigenvalue weighted by molar-refractivity contribution is 7.11. The van der Waals surface area contributed by atoms with Gasteiger partial charge in [-0.3, -0.25) is 15.3 Å². The first-order valence-electron chi connectivity index (χ1n) is 6.83. The highest BCUT2D eigenvalue weighted by Gasteiger charge is 2.05. The smallest absolute Gasteiger partial charge is 0.320 e. The van der Waals surface area contributed by atoms with Crippen molar-refractivity contribution in [2.75, 3.05) is 7.05 Å². The van der Waals surface area contributed by atoms with Crippen molar-refractivity contribution in [1.82, 2.24) is 15.6 Å². The predicted octanol–water partition coefficient (Wildman–Crippen LogP) is 3.07. The van der Waals surface area contributed by atoms with Crippen LogP contribution in [0.15, 0.2) is 53.0 Å². The number of urea groups is 1. The second kappa shape index (κ2) is 8.09. The lowest BCUT2D eigenvalue weighted by Crippen LogP contribution is -2.38. The van der Waals surface area contributed by atoms with E-state index in [9.17, 15) is 4.79 Å². The van der Waals surface area contributed by atoms with Crippen LogP contribution in [0.1, 0.15) is 17.5 Å². The van der Waals surface area contributed by atoms with Crippen LogP contribution in [-0.2, 0) is 6.54 Å². The number of hydrogen-bond acceptors (Lipinski definition) is 4. The number of nitrogens with one attached hydrogen (secondary N) is 2. The maximum absolute atomic E-state index is 11.9. The van der Waals surface area contributed by atoms with Crippen LogP contribution in [0, 0.1) is 0 Å². The number of nitrogens with zero attached hydrogens (tertiary/aromatic N) is 2. The molecule has 0 spiro atoms. The van der Waals surface area contributed by atoms with Gasteiger partial charge < -0.3 is 5.32 Å². The molecule has 0 aliphatic rings. The molecule has 2 heterocycles. The zero-order chi connectivity index (χ0) is 15.8. The van der Waals surface area contributed by atoms with Gasteiger partial charge in [-0.25, -0.2) is 4.79 Å². The van der Waals surface area contributed by atoms with Crippen molar-refractivity contribution >= 4 is 28.8 Å². The van der Waals surface area contributed by atoms with Crippen molar-refractivity contribution in [2.45, 2.75) is 13.5 Å². The van der Waals surface area contributed by atoms with Crippen LogP contribution in [-0.4, -0.2) is 23.9 Å². The molecule has 114 valence electrons. The lowest BCUT2D eigenvalue weighted by atomic mass is 10.2. The second-order valence-electron chi connectivity index (χ2n) is 4.54. The number of allylic oxidation sites excluding steroid dienone is 1. The van der Waals surface area contributed by atoms with E-state index in [0.717, 1.165) is 16.1 Å². The monoisotopic (exact) mass is 314 g/mol. The Labute approximate surface area is 133 Å². The standard InChI is InChI=1S/C16H18N4OS/c1-12(14-7-5-9-22-14)10-15(17-2)20-16(21)19-11-13-6-3-4-8-18-13/h3-10H,11H2,1-2H3,(H2,17,19,20,21)/b12-10+. The van der Waals surface area contributed by atoms with Gasteiger partial charge >= 0.3 is 6.03 Å². The van der Waals surface area contributed by atoms with Crippen LogP contribution < -0.4 is 10.6 Å². The third-order valence-electron chi connectivity index (χ3n) is 2.90. The Morgan fingerprint density at radius 3 is 2.86 bits per heavy atom. The summed E-state index contributed by atoms with van der Waals surface area (Å²) in [7, 11) is 1.65. The lowest BCUT2D eigenvalue weighted by molar-refractivity contribution is 0.245. The molecule has 2 rings (SSSR count). The number of carbonyl (C=O) groups is 1. The Morgan fingerprint density at radius 1 is 1.36 bits per heavy atom. The van der Waals surface area contributed by atoms with E-state index in [1.807, 2.05) is 48.7 Å². The first-order valence-corrected chi connectivity index (χ1v) is 7.70. The van der Waals surface area contributed by atoms with E-state index < -0.39 is 0 Å². The van der Waals surface area contributed by atoms with Gasteiger partial charge in [-0.2, -0.15) is 0 Å². The fourth-order valence-electron chi connectivity index (χ4n) is 1.77. The summed E-state index contributed by atoms with van der Waals surface area (Å²) < 4.78 is 0. The number of thiophene rings is 1. The molecule has 5 nitrogen and oxygen atoms in total. The summed E-state index contributed by atoms with van der Waals surface area (Å²) in [6.07, 6.45) is 3.55. The third kappa shape index (κ3) is 4.82. The molecule has 2 aromatic heterocycles. The molecule has 0 bridgehead atoms. The van der Waals surface area contributed by atoms with Crippen LogP contribution in [0.5, 0.6) is 0 Å². The highest BCUT2D eigenvalue weighted by atomic mass is 32.1. The van der Waals surface area contributed by atoms with E-state index in [1.165, 1.54) is 0 Å². The van der Waals surface area contributed by atoms with E-state index in [-0.39, 0.29) is 6.03 Å². The fourth-order valence-corrected chi connectivity index (χ4v) is 2.48. The Morgan fingerprint density at radius 2 is 2.23 bits per heavy atom. The Balaban J connectivity index is 1.90. The van der Waals surface area contributed by atoms with Crippen molar-refractivity contribution < 1.29 is 4.79 Å². The predicted molar refractivity (Wildman–Crippen MR) is 90.9 cm³/mol. The zero-order valence-corrected chi connectivity index (χ0v) is 13.4. The van der Waals surface area contributed by atoms with E-state index >= 15 is 0 Å². The van der Waals surface area contributed by atoms with Crippen LogP contribution in [0.4, 0.5) is 4.79 Å². The first kappa shape index (κ1) is 15.9. The molecule has 0 saturated carbocycles. The molecule has 0 saturated heterocycles. The molecule has 0 aromatic carbocycles. The first-order chi connectivity index (χ1) is 10.7. The molecule has 0 fully saturated rings. The topological polar surface area (TPSA) is 66.4 Å². The molecule has 0 aliphatic heterocycles. The van der Waals surface area contributed by atoms with Gasteiger partial charge in [0, 0.05) is 18.1 Å². The molecular weight excluding hydrogens is 296 g/mol. The van der Waals surface area contributed by atoms with E-state index in [0.29, 0.717) is 12.4 Å². The number of rotatable bonds is 4. The number of aliphatic imine (C=N–C) groups is 1. The van der Waals surface area contributed by atoms with Crippen molar-refractivity contribution in [2.24, 2.45) is 4.99 Å². The summed E-state index contributed by atoms with van der Waals surface area (Å²) in [5, 5.41) is 7.50. The van der Waals surface area contributed by atoms with Crippen molar-refractivity contribution in [1.29, 1.82) is 0 Å². The second-order valence-corrected chi connectivity index (χ2v) is 5.49. The highest BCUT2D eigenvalue weighted by Crippen LogP contribution is 2.18. The Kier molecular flexibility index (Phi) is 5.85. The summed E-state index contributed by atoms with van der Waals surface area (Å²) in [6, 6.07) is 9.30. The number of amidine groups is 1. The van der Waals surface area contributed by atoms with Gasteiger partial charge in [0.1, 0.15) is 5.84 Å². The van der Waals surface area contributed by atoms with Gasteiger partial charge in [-0.05, 0) is 42.2 Å². The lowest BCUT2D eigenvalue weighted by Gasteiger charge is -2.08. The number of carbonyl (C=O) groups excluding carboxylic acids is 1. The molecule has 0 unspecified atom stereocenters. The number of amides is 2. The maximum atomic E-state index is 11.9. The maximum Gasteiger partial charge on any atom is 0.320 e. The van der Waals surface area contributed by atoms with Gasteiger partial charge in [0.25, 0.3) is 0 Å². The molecule has 6 heteroatoms. The number of hydrogen-bond donors (Lipinski definition) is 2. The summed E-state index contributed by atoms with van der Waals surface area (Å²) in [5.41, 5.74) is 1.86. The SMILES string of the molecule is CN=C(/C=C(\C)c1cccs1)NC(=O)NCc1ccccn1. The van der Waals surface area contributed by atoms with E-state index in [2.05, 4.69) is 20.6 Å². The average molecular weight is 314 g/mol. The minimum Gasteiger partial charge on any atom is -0.332 e. The van der Waals surface area contributed by atoms with Crippen LogP contribution in [0.3, 0.4) is 0 Å². The molecule has 0 aliphatic carbocycles. The summed E-state index contributed by atoms with van der Waals surface area (Å²) in [5.74, 6) is 0.518. The van der Waals surface area contributed by atoms with Crippen molar-refractivity contribution in [3.05, 3.63) is 58.6 Å². The van der Waals surface area contributed by atoms with Crippen molar-refractivity contribution in [3.8, 4) is 0 Å². The minimum absolute atomic E-state index is 0.304.